The zero-order valence-corrected chi connectivity index (χ0v) is 17.3. The molecule has 0 aliphatic rings. The van der Waals surface area contributed by atoms with Gasteiger partial charge in [0.25, 0.3) is 5.91 Å². The van der Waals surface area contributed by atoms with E-state index in [4.69, 9.17) is 10.2 Å². The van der Waals surface area contributed by atoms with E-state index in [0.717, 1.165) is 17.0 Å². The average Bonchev–Trinajstić information content (AvgIpc) is 3.43. The number of benzene rings is 2. The van der Waals surface area contributed by atoms with Crippen molar-refractivity contribution in [2.45, 2.75) is 11.7 Å². The molecule has 2 heterocycles. The quantitative estimate of drug-likeness (QED) is 0.409. The highest BCUT2D eigenvalue weighted by molar-refractivity contribution is 7.99. The van der Waals surface area contributed by atoms with Crippen LogP contribution in [0, 0.1) is 0 Å². The number of hydrogen-bond acceptors (Lipinski definition) is 5. The lowest BCUT2D eigenvalue weighted by Gasteiger charge is -2.11. The van der Waals surface area contributed by atoms with Crippen LogP contribution in [-0.4, -0.2) is 27.1 Å². The Labute approximate surface area is 183 Å². The largest absolute Gasteiger partial charge is 0.467 e. The summed E-state index contributed by atoms with van der Waals surface area (Å²) in [5.74, 6) is 0.0608. The van der Waals surface area contributed by atoms with Gasteiger partial charge in [-0.3, -0.25) is 9.59 Å². The smallest absolute Gasteiger partial charge is 0.250 e. The maximum Gasteiger partial charge on any atom is 0.250 e. The van der Waals surface area contributed by atoms with Crippen LogP contribution in [0.4, 0.5) is 5.69 Å². The summed E-state index contributed by atoms with van der Waals surface area (Å²) in [5.41, 5.74) is 7.99. The van der Waals surface area contributed by atoms with Gasteiger partial charge in [0.2, 0.25) is 5.91 Å². The van der Waals surface area contributed by atoms with Crippen molar-refractivity contribution in [3.05, 3.63) is 90.5 Å². The summed E-state index contributed by atoms with van der Waals surface area (Å²) >= 11 is 1.31. The van der Waals surface area contributed by atoms with Crippen LogP contribution in [0.5, 0.6) is 0 Å². The van der Waals surface area contributed by atoms with E-state index in [1.807, 2.05) is 47.0 Å². The van der Waals surface area contributed by atoms with Crippen LogP contribution in [-0.2, 0) is 11.3 Å². The van der Waals surface area contributed by atoms with E-state index in [1.54, 1.807) is 36.7 Å². The number of imidazole rings is 1. The third-order valence-electron chi connectivity index (χ3n) is 4.58. The van der Waals surface area contributed by atoms with Crippen molar-refractivity contribution in [2.24, 2.45) is 5.73 Å². The second-order valence-electron chi connectivity index (χ2n) is 6.70. The number of carbonyl (C=O) groups is 2. The SMILES string of the molecule is NC(=O)c1ccccc1NC(=O)CSc1ncc(-c2ccccc2)n1Cc1ccco1. The van der Waals surface area contributed by atoms with Gasteiger partial charge in [0, 0.05) is 0 Å². The lowest BCUT2D eigenvalue weighted by Crippen LogP contribution is -2.19. The molecule has 0 unspecified atom stereocenters. The van der Waals surface area contributed by atoms with Gasteiger partial charge in [-0.25, -0.2) is 4.98 Å². The highest BCUT2D eigenvalue weighted by Gasteiger charge is 2.16. The lowest BCUT2D eigenvalue weighted by molar-refractivity contribution is -0.113. The standard InChI is InChI=1S/C23H20N4O3S/c24-22(29)18-10-4-5-11-19(18)26-21(28)15-31-23-25-13-20(16-7-2-1-3-8-16)27(23)14-17-9-6-12-30-17/h1-13H,14-15H2,(H2,24,29)(H,26,28). The van der Waals surface area contributed by atoms with Crippen LogP contribution in [0.3, 0.4) is 0 Å². The maximum atomic E-state index is 12.5. The Bertz CT molecular complexity index is 1190. The molecule has 156 valence electrons. The predicted octanol–water partition coefficient (Wildman–Crippen LogP) is 4.02. The Morgan fingerprint density at radius 3 is 2.55 bits per heavy atom. The van der Waals surface area contributed by atoms with E-state index < -0.39 is 5.91 Å². The molecule has 0 aliphatic heterocycles. The third kappa shape index (κ3) is 4.87. The molecule has 0 saturated heterocycles. The molecule has 31 heavy (non-hydrogen) atoms. The van der Waals surface area contributed by atoms with Crippen LogP contribution in [0.15, 0.2) is 88.8 Å². The molecule has 4 aromatic rings. The van der Waals surface area contributed by atoms with Crippen molar-refractivity contribution in [3.8, 4) is 11.3 Å². The van der Waals surface area contributed by atoms with Gasteiger partial charge in [0.15, 0.2) is 5.16 Å². The molecule has 0 atom stereocenters. The number of thioether (sulfide) groups is 1. The Balaban J connectivity index is 1.52. The van der Waals surface area contributed by atoms with E-state index in [-0.39, 0.29) is 17.2 Å². The number of nitrogens with zero attached hydrogens (tertiary/aromatic N) is 2. The number of anilines is 1. The average molecular weight is 433 g/mol. The molecule has 2 aromatic carbocycles. The van der Waals surface area contributed by atoms with E-state index in [2.05, 4.69) is 10.3 Å². The fourth-order valence-corrected chi connectivity index (χ4v) is 3.93. The summed E-state index contributed by atoms with van der Waals surface area (Å²) in [4.78, 5) is 28.6. The molecule has 0 bridgehead atoms. The van der Waals surface area contributed by atoms with Crippen LogP contribution in [0.25, 0.3) is 11.3 Å². The van der Waals surface area contributed by atoms with Crippen molar-refractivity contribution in [2.75, 3.05) is 11.1 Å². The van der Waals surface area contributed by atoms with Crippen molar-refractivity contribution in [1.82, 2.24) is 9.55 Å². The number of carbonyl (C=O) groups excluding carboxylic acids is 2. The molecule has 3 N–H and O–H groups in total. The highest BCUT2D eigenvalue weighted by Crippen LogP contribution is 2.27. The summed E-state index contributed by atoms with van der Waals surface area (Å²) in [7, 11) is 0. The molecular formula is C23H20N4O3S. The fourth-order valence-electron chi connectivity index (χ4n) is 3.15. The number of nitrogens with two attached hydrogens (primary N) is 1. The van der Waals surface area contributed by atoms with E-state index in [1.165, 1.54) is 11.8 Å². The summed E-state index contributed by atoms with van der Waals surface area (Å²) in [5, 5.41) is 3.44. The second-order valence-corrected chi connectivity index (χ2v) is 7.65. The predicted molar refractivity (Wildman–Crippen MR) is 120 cm³/mol. The minimum atomic E-state index is -0.593. The van der Waals surface area contributed by atoms with Gasteiger partial charge in [0.1, 0.15) is 5.76 Å². The number of primary amides is 1. The van der Waals surface area contributed by atoms with Gasteiger partial charge >= 0.3 is 0 Å². The molecule has 0 fully saturated rings. The number of rotatable bonds is 8. The van der Waals surface area contributed by atoms with Gasteiger partial charge in [-0.15, -0.1) is 0 Å². The van der Waals surface area contributed by atoms with E-state index in [9.17, 15) is 9.59 Å². The summed E-state index contributed by atoms with van der Waals surface area (Å²) in [6.45, 7) is 0.492. The van der Waals surface area contributed by atoms with Gasteiger partial charge in [0.05, 0.1) is 41.7 Å². The minimum absolute atomic E-state index is 0.122. The maximum absolute atomic E-state index is 12.5. The zero-order chi connectivity index (χ0) is 21.6. The normalized spacial score (nSPS) is 10.7. The molecule has 8 heteroatoms. The number of nitrogens with one attached hydrogen (secondary N) is 1. The Morgan fingerprint density at radius 2 is 1.81 bits per heavy atom. The number of para-hydroxylation sites is 1. The molecule has 7 nitrogen and oxygen atoms in total. The van der Waals surface area contributed by atoms with Gasteiger partial charge in [-0.05, 0) is 29.8 Å². The number of furan rings is 1. The van der Waals surface area contributed by atoms with Crippen molar-refractivity contribution < 1.29 is 14.0 Å². The third-order valence-corrected chi connectivity index (χ3v) is 5.57. The summed E-state index contributed by atoms with van der Waals surface area (Å²) in [6, 6.07) is 20.3. The van der Waals surface area contributed by atoms with E-state index in [0.29, 0.717) is 17.4 Å². The number of hydrogen-bond donors (Lipinski definition) is 2. The first-order chi connectivity index (χ1) is 15.1. The summed E-state index contributed by atoms with van der Waals surface area (Å²) in [6.07, 6.45) is 3.42. The second kappa shape index (κ2) is 9.36. The van der Waals surface area contributed by atoms with Crippen LogP contribution >= 0.6 is 11.8 Å². The Morgan fingerprint density at radius 1 is 1.03 bits per heavy atom. The van der Waals surface area contributed by atoms with Gasteiger partial charge in [-0.2, -0.15) is 0 Å². The van der Waals surface area contributed by atoms with Crippen molar-refractivity contribution in [1.29, 1.82) is 0 Å². The Kier molecular flexibility index (Phi) is 6.18. The molecule has 2 amide bonds. The monoisotopic (exact) mass is 432 g/mol. The molecule has 0 aliphatic carbocycles. The number of amides is 2. The lowest BCUT2D eigenvalue weighted by atomic mass is 10.1. The number of aromatic nitrogens is 2. The topological polar surface area (TPSA) is 103 Å². The van der Waals surface area contributed by atoms with Crippen LogP contribution in [0.2, 0.25) is 0 Å². The molecule has 4 rings (SSSR count). The highest BCUT2D eigenvalue weighted by atomic mass is 32.2. The molecular weight excluding hydrogens is 412 g/mol. The molecule has 0 saturated carbocycles. The zero-order valence-electron chi connectivity index (χ0n) is 16.5. The van der Waals surface area contributed by atoms with Crippen molar-refractivity contribution >= 4 is 29.3 Å². The van der Waals surface area contributed by atoms with Crippen molar-refractivity contribution in [3.63, 3.8) is 0 Å². The molecule has 0 spiro atoms. The Hall–Kier alpha value is -3.78. The molecule has 0 radical (unpaired) electrons. The van der Waals surface area contributed by atoms with E-state index >= 15 is 0 Å². The summed E-state index contributed by atoms with van der Waals surface area (Å²) < 4.78 is 7.53. The van der Waals surface area contributed by atoms with Crippen LogP contribution in [0.1, 0.15) is 16.1 Å². The fraction of sp³-hybridized carbons (Fsp3) is 0.0870. The van der Waals surface area contributed by atoms with Crippen LogP contribution < -0.4 is 11.1 Å². The first-order valence-corrected chi connectivity index (χ1v) is 10.5. The van der Waals surface area contributed by atoms with Gasteiger partial charge in [-0.1, -0.05) is 54.2 Å². The molecule has 2 aromatic heterocycles. The first kappa shape index (κ1) is 20.5. The van der Waals surface area contributed by atoms with Gasteiger partial charge < -0.3 is 20.0 Å². The first-order valence-electron chi connectivity index (χ1n) is 9.56. The minimum Gasteiger partial charge on any atom is -0.467 e.